The third-order valence-corrected chi connectivity index (χ3v) is 4.38. The van der Waals surface area contributed by atoms with Crippen LogP contribution in [0, 0.1) is 24.7 Å². The lowest BCUT2D eigenvalue weighted by Gasteiger charge is -2.16. The molecule has 2 heterocycles. The zero-order valence-electron chi connectivity index (χ0n) is 10.3. The molecule has 0 radical (unpaired) electrons. The summed E-state index contributed by atoms with van der Waals surface area (Å²) >= 11 is 0. The Kier molecular flexibility index (Phi) is 2.01. The number of piperidine rings is 1. The second-order valence-corrected chi connectivity index (χ2v) is 5.55. The van der Waals surface area contributed by atoms with Crippen LogP contribution in [0.1, 0.15) is 5.56 Å². The van der Waals surface area contributed by atoms with E-state index >= 15 is 0 Å². The number of benzene rings is 1. The number of rotatable bonds is 2. The van der Waals surface area contributed by atoms with E-state index in [4.69, 9.17) is 9.52 Å². The first kappa shape index (κ1) is 10.4. The molecule has 0 spiro atoms. The molecule has 1 aliphatic heterocycles. The highest BCUT2D eigenvalue weighted by Crippen LogP contribution is 2.52. The molecule has 1 saturated heterocycles. The van der Waals surface area contributed by atoms with Gasteiger partial charge in [0.25, 0.3) is 6.01 Å². The summed E-state index contributed by atoms with van der Waals surface area (Å²) in [5.74, 6) is 1.81. The molecule has 2 fully saturated rings. The van der Waals surface area contributed by atoms with Crippen molar-refractivity contribution < 1.29 is 9.52 Å². The van der Waals surface area contributed by atoms with Crippen LogP contribution in [0.2, 0.25) is 0 Å². The lowest BCUT2D eigenvalue weighted by molar-refractivity contribution is 0.260. The van der Waals surface area contributed by atoms with E-state index in [1.165, 1.54) is 5.56 Å². The molecule has 1 aromatic heterocycles. The summed E-state index contributed by atoms with van der Waals surface area (Å²) in [6.45, 7) is 4.34. The minimum atomic E-state index is 0.329. The molecule has 2 aliphatic rings. The maximum atomic E-state index is 9.16. The summed E-state index contributed by atoms with van der Waals surface area (Å²) in [5.41, 5.74) is 2.99. The van der Waals surface area contributed by atoms with E-state index in [1.807, 2.05) is 12.1 Å². The van der Waals surface area contributed by atoms with E-state index in [0.717, 1.165) is 30.2 Å². The van der Waals surface area contributed by atoms with Gasteiger partial charge in [0.2, 0.25) is 0 Å². The number of aromatic nitrogens is 1. The molecule has 1 aromatic carbocycles. The van der Waals surface area contributed by atoms with Crippen molar-refractivity contribution >= 4 is 17.1 Å². The summed E-state index contributed by atoms with van der Waals surface area (Å²) in [5, 5.41) is 9.16. The second-order valence-electron chi connectivity index (χ2n) is 5.55. The highest BCUT2D eigenvalue weighted by molar-refractivity contribution is 5.75. The van der Waals surface area contributed by atoms with Gasteiger partial charge in [-0.3, -0.25) is 0 Å². The molecule has 1 saturated carbocycles. The van der Waals surface area contributed by atoms with Crippen LogP contribution in [0.3, 0.4) is 0 Å². The van der Waals surface area contributed by atoms with Crippen molar-refractivity contribution in [2.45, 2.75) is 6.92 Å². The monoisotopic (exact) mass is 244 g/mol. The molecular weight excluding hydrogens is 228 g/mol. The van der Waals surface area contributed by atoms with Gasteiger partial charge in [-0.15, -0.1) is 0 Å². The molecule has 1 unspecified atom stereocenters. The van der Waals surface area contributed by atoms with Crippen molar-refractivity contribution in [2.75, 3.05) is 24.6 Å². The molecule has 4 rings (SSSR count). The first-order valence-electron chi connectivity index (χ1n) is 6.49. The largest absolute Gasteiger partial charge is 0.423 e. The number of nitrogens with zero attached hydrogens (tertiary/aromatic N) is 2. The summed E-state index contributed by atoms with van der Waals surface area (Å²) in [6.07, 6.45) is 0. The highest BCUT2D eigenvalue weighted by Gasteiger charge is 2.55. The third-order valence-electron chi connectivity index (χ3n) is 4.38. The number of fused-ring (bicyclic) bond motifs is 2. The van der Waals surface area contributed by atoms with Gasteiger partial charge in [0.1, 0.15) is 5.52 Å². The fraction of sp³-hybridized carbons (Fsp3) is 0.500. The van der Waals surface area contributed by atoms with Gasteiger partial charge in [-0.05, 0) is 42.4 Å². The van der Waals surface area contributed by atoms with Crippen LogP contribution in [-0.2, 0) is 0 Å². The van der Waals surface area contributed by atoms with E-state index < -0.39 is 0 Å². The number of aryl methyl sites for hydroxylation is 1. The average Bonchev–Trinajstić information content (AvgIpc) is 2.77. The molecule has 3 atom stereocenters. The molecule has 4 heteroatoms. The lowest BCUT2D eigenvalue weighted by atomic mass is 10.2. The van der Waals surface area contributed by atoms with Gasteiger partial charge in [-0.1, -0.05) is 6.07 Å². The van der Waals surface area contributed by atoms with E-state index in [-0.39, 0.29) is 0 Å². The maximum Gasteiger partial charge on any atom is 0.298 e. The minimum absolute atomic E-state index is 0.329. The highest BCUT2D eigenvalue weighted by atomic mass is 16.4. The van der Waals surface area contributed by atoms with Crippen molar-refractivity contribution in [1.82, 2.24) is 4.98 Å². The normalized spacial score (nSPS) is 29.9. The van der Waals surface area contributed by atoms with E-state index in [0.29, 0.717) is 24.4 Å². The van der Waals surface area contributed by atoms with E-state index in [2.05, 4.69) is 22.9 Å². The Hall–Kier alpha value is -1.55. The first-order valence-corrected chi connectivity index (χ1v) is 6.49. The van der Waals surface area contributed by atoms with Crippen LogP contribution in [0.4, 0.5) is 6.01 Å². The topological polar surface area (TPSA) is 49.5 Å². The Morgan fingerprint density at radius 1 is 1.39 bits per heavy atom. The Morgan fingerprint density at radius 2 is 2.17 bits per heavy atom. The summed E-state index contributed by atoms with van der Waals surface area (Å²) in [7, 11) is 0. The first-order chi connectivity index (χ1) is 8.76. The van der Waals surface area contributed by atoms with Crippen LogP contribution >= 0.6 is 0 Å². The zero-order valence-corrected chi connectivity index (χ0v) is 10.3. The molecular formula is C14H16N2O2. The Morgan fingerprint density at radius 3 is 2.89 bits per heavy atom. The van der Waals surface area contributed by atoms with Crippen molar-refractivity contribution in [1.29, 1.82) is 0 Å². The summed E-state index contributed by atoms with van der Waals surface area (Å²) in [4.78, 5) is 6.76. The minimum Gasteiger partial charge on any atom is -0.423 e. The molecule has 18 heavy (non-hydrogen) atoms. The number of hydrogen-bond donors (Lipinski definition) is 1. The smallest absolute Gasteiger partial charge is 0.298 e. The van der Waals surface area contributed by atoms with E-state index in [1.54, 1.807) is 0 Å². The average molecular weight is 244 g/mol. The Bertz CT molecular complexity index is 595. The van der Waals surface area contributed by atoms with Crippen molar-refractivity contribution in [3.8, 4) is 0 Å². The van der Waals surface area contributed by atoms with E-state index in [9.17, 15) is 0 Å². The van der Waals surface area contributed by atoms with Crippen molar-refractivity contribution in [2.24, 2.45) is 17.8 Å². The van der Waals surface area contributed by atoms with Crippen LogP contribution in [0.15, 0.2) is 22.6 Å². The fourth-order valence-corrected chi connectivity index (χ4v) is 3.24. The number of aliphatic hydroxyl groups is 1. The van der Waals surface area contributed by atoms with Crippen molar-refractivity contribution in [3.63, 3.8) is 0 Å². The number of oxazole rings is 1. The van der Waals surface area contributed by atoms with Crippen LogP contribution in [0.25, 0.3) is 11.1 Å². The van der Waals surface area contributed by atoms with Crippen LogP contribution in [0.5, 0.6) is 0 Å². The number of hydrogen-bond acceptors (Lipinski definition) is 4. The van der Waals surface area contributed by atoms with Gasteiger partial charge < -0.3 is 14.4 Å². The fourth-order valence-electron chi connectivity index (χ4n) is 3.24. The third kappa shape index (κ3) is 1.38. The zero-order chi connectivity index (χ0) is 12.3. The van der Waals surface area contributed by atoms with Gasteiger partial charge in [0, 0.05) is 19.7 Å². The molecule has 0 bridgehead atoms. The Labute approximate surface area is 105 Å². The second kappa shape index (κ2) is 3.48. The molecule has 0 amide bonds. The van der Waals surface area contributed by atoms with Gasteiger partial charge in [-0.25, -0.2) is 0 Å². The molecule has 1 aliphatic carbocycles. The number of aliphatic hydroxyl groups excluding tert-OH is 1. The van der Waals surface area contributed by atoms with Crippen molar-refractivity contribution in [3.05, 3.63) is 23.8 Å². The standard InChI is InChI=1S/C14H16N2O2/c1-8-2-3-13-12(4-8)15-14(18-13)16-5-9-10(6-16)11(9)7-17/h2-4,9-11,17H,5-7H2,1H3/t9-,10+,11?. The molecule has 1 N–H and O–H groups in total. The van der Waals surface area contributed by atoms with Gasteiger partial charge in [0.05, 0.1) is 0 Å². The predicted molar refractivity (Wildman–Crippen MR) is 68.5 cm³/mol. The SMILES string of the molecule is Cc1ccc2oc(N3C[C@@H]4C(CO)[C@@H]4C3)nc2c1. The van der Waals surface area contributed by atoms with Gasteiger partial charge in [-0.2, -0.15) is 4.98 Å². The van der Waals surface area contributed by atoms with Gasteiger partial charge >= 0.3 is 0 Å². The summed E-state index contributed by atoms with van der Waals surface area (Å²) < 4.78 is 5.80. The quantitative estimate of drug-likeness (QED) is 0.875. The van der Waals surface area contributed by atoms with Gasteiger partial charge in [0.15, 0.2) is 5.58 Å². The number of anilines is 1. The molecule has 2 aromatic rings. The molecule has 4 nitrogen and oxygen atoms in total. The Balaban J connectivity index is 1.61. The molecule has 94 valence electrons. The maximum absolute atomic E-state index is 9.16. The van der Waals surface area contributed by atoms with Crippen LogP contribution < -0.4 is 4.90 Å². The lowest BCUT2D eigenvalue weighted by Crippen LogP contribution is -2.24. The predicted octanol–water partition coefficient (Wildman–Crippen LogP) is 1.81. The van der Waals surface area contributed by atoms with Crippen LogP contribution in [-0.4, -0.2) is 29.8 Å². The summed E-state index contributed by atoms with van der Waals surface area (Å²) in [6, 6.07) is 6.81.